The van der Waals surface area contributed by atoms with Gasteiger partial charge in [0, 0.05) is 6.61 Å². The molecule has 1 aliphatic rings. The minimum Gasteiger partial charge on any atom is -0.490 e. The molecule has 1 fully saturated rings. The van der Waals surface area contributed by atoms with Crippen molar-refractivity contribution in [3.8, 4) is 5.75 Å². The van der Waals surface area contributed by atoms with Crippen LogP contribution >= 0.6 is 15.9 Å². The van der Waals surface area contributed by atoms with Gasteiger partial charge in [-0.25, -0.2) is 0 Å². The maximum Gasteiger partial charge on any atom is 0.133 e. The first-order chi connectivity index (χ1) is 7.75. The van der Waals surface area contributed by atoms with Crippen LogP contribution in [0.25, 0.3) is 0 Å². The average Bonchev–Trinajstić information content (AvgIpc) is 2.29. The number of halogens is 1. The van der Waals surface area contributed by atoms with Gasteiger partial charge in [0.15, 0.2) is 0 Å². The Kier molecular flexibility index (Phi) is 4.24. The number of benzene rings is 1. The van der Waals surface area contributed by atoms with Crippen molar-refractivity contribution in [1.29, 1.82) is 0 Å². The van der Waals surface area contributed by atoms with Crippen LogP contribution in [0.4, 0.5) is 0 Å². The summed E-state index contributed by atoms with van der Waals surface area (Å²) < 4.78 is 12.4. The molecule has 2 nitrogen and oxygen atoms in total. The molecule has 88 valence electrons. The molecule has 0 spiro atoms. The molecule has 1 atom stereocenters. The average molecular weight is 285 g/mol. The Labute approximate surface area is 105 Å². The molecule has 1 heterocycles. The Bertz CT molecular complexity index is 346. The third-order valence-electron chi connectivity index (χ3n) is 2.79. The van der Waals surface area contributed by atoms with Crippen molar-refractivity contribution in [2.24, 2.45) is 0 Å². The first-order valence-electron chi connectivity index (χ1n) is 5.76. The largest absolute Gasteiger partial charge is 0.490 e. The van der Waals surface area contributed by atoms with Crippen LogP contribution in [0.1, 0.15) is 24.8 Å². The summed E-state index contributed by atoms with van der Waals surface area (Å²) >= 11 is 3.51. The van der Waals surface area contributed by atoms with Gasteiger partial charge >= 0.3 is 0 Å². The Balaban J connectivity index is 1.88. The summed E-state index contributed by atoms with van der Waals surface area (Å²) in [6.45, 7) is 3.60. The molecule has 0 N–H and O–H groups in total. The summed E-state index contributed by atoms with van der Waals surface area (Å²) in [7, 11) is 0. The molecule has 1 aromatic rings. The van der Waals surface area contributed by atoms with E-state index in [1.165, 1.54) is 18.4 Å². The van der Waals surface area contributed by atoms with Gasteiger partial charge < -0.3 is 9.47 Å². The Morgan fingerprint density at radius 1 is 1.44 bits per heavy atom. The molecule has 16 heavy (non-hydrogen) atoms. The molecular formula is C13H17BrO2. The second-order valence-electron chi connectivity index (χ2n) is 4.23. The van der Waals surface area contributed by atoms with Crippen molar-refractivity contribution in [3.05, 3.63) is 28.2 Å². The van der Waals surface area contributed by atoms with Crippen LogP contribution in [0.5, 0.6) is 5.75 Å². The molecule has 0 aliphatic carbocycles. The fourth-order valence-corrected chi connectivity index (χ4v) is 2.45. The molecular weight excluding hydrogens is 268 g/mol. The summed E-state index contributed by atoms with van der Waals surface area (Å²) in [5, 5.41) is 0. The van der Waals surface area contributed by atoms with Gasteiger partial charge in [-0.3, -0.25) is 0 Å². The number of ether oxygens (including phenoxy) is 2. The zero-order valence-electron chi connectivity index (χ0n) is 9.54. The molecule has 0 amide bonds. The Morgan fingerprint density at radius 2 is 2.31 bits per heavy atom. The summed E-state index contributed by atoms with van der Waals surface area (Å²) in [4.78, 5) is 0. The van der Waals surface area contributed by atoms with Gasteiger partial charge in [0.1, 0.15) is 12.4 Å². The lowest BCUT2D eigenvalue weighted by Crippen LogP contribution is -2.25. The van der Waals surface area contributed by atoms with Crippen LogP contribution in [0.3, 0.4) is 0 Å². The predicted octanol–water partition coefficient (Wildman–Crippen LogP) is 3.71. The van der Waals surface area contributed by atoms with Gasteiger partial charge in [0.05, 0.1) is 10.6 Å². The van der Waals surface area contributed by atoms with Crippen LogP contribution in [-0.2, 0) is 4.74 Å². The summed E-state index contributed by atoms with van der Waals surface area (Å²) in [5.41, 5.74) is 1.23. The van der Waals surface area contributed by atoms with E-state index in [1.807, 2.05) is 6.07 Å². The fraction of sp³-hybridized carbons (Fsp3) is 0.538. The molecule has 1 saturated heterocycles. The van der Waals surface area contributed by atoms with Crippen molar-refractivity contribution < 1.29 is 9.47 Å². The molecule has 0 bridgehead atoms. The SMILES string of the molecule is Cc1ccc(OCC2CCCCO2)c(Br)c1. The lowest BCUT2D eigenvalue weighted by atomic mass is 10.1. The van der Waals surface area contributed by atoms with E-state index in [9.17, 15) is 0 Å². The van der Waals surface area contributed by atoms with E-state index >= 15 is 0 Å². The maximum atomic E-state index is 5.76. The van der Waals surface area contributed by atoms with Gasteiger partial charge in [-0.15, -0.1) is 0 Å². The molecule has 1 aromatic carbocycles. The molecule has 0 radical (unpaired) electrons. The zero-order valence-corrected chi connectivity index (χ0v) is 11.1. The number of hydrogen-bond donors (Lipinski definition) is 0. The predicted molar refractivity (Wildman–Crippen MR) is 68.0 cm³/mol. The van der Waals surface area contributed by atoms with Crippen LogP contribution < -0.4 is 4.74 Å². The van der Waals surface area contributed by atoms with Crippen LogP contribution in [-0.4, -0.2) is 19.3 Å². The van der Waals surface area contributed by atoms with Crippen molar-refractivity contribution in [2.75, 3.05) is 13.2 Å². The quantitative estimate of drug-likeness (QED) is 0.843. The highest BCUT2D eigenvalue weighted by atomic mass is 79.9. The van der Waals surface area contributed by atoms with Gasteiger partial charge in [0.25, 0.3) is 0 Å². The Morgan fingerprint density at radius 3 is 3.00 bits per heavy atom. The monoisotopic (exact) mass is 284 g/mol. The molecule has 1 unspecified atom stereocenters. The van der Waals surface area contributed by atoms with Crippen LogP contribution in [0, 0.1) is 6.92 Å². The minimum absolute atomic E-state index is 0.266. The van der Waals surface area contributed by atoms with Crippen molar-refractivity contribution in [1.82, 2.24) is 0 Å². The lowest BCUT2D eigenvalue weighted by Gasteiger charge is -2.22. The highest BCUT2D eigenvalue weighted by molar-refractivity contribution is 9.10. The smallest absolute Gasteiger partial charge is 0.133 e. The van der Waals surface area contributed by atoms with E-state index in [-0.39, 0.29) is 6.10 Å². The molecule has 1 aliphatic heterocycles. The van der Waals surface area contributed by atoms with E-state index in [2.05, 4.69) is 35.0 Å². The first-order valence-corrected chi connectivity index (χ1v) is 6.55. The highest BCUT2D eigenvalue weighted by Gasteiger charge is 2.14. The number of hydrogen-bond acceptors (Lipinski definition) is 2. The molecule has 3 heteroatoms. The van der Waals surface area contributed by atoms with Crippen molar-refractivity contribution in [2.45, 2.75) is 32.3 Å². The van der Waals surface area contributed by atoms with Crippen LogP contribution in [0.2, 0.25) is 0 Å². The fourth-order valence-electron chi connectivity index (χ4n) is 1.84. The minimum atomic E-state index is 0.266. The van der Waals surface area contributed by atoms with Gasteiger partial charge in [0.2, 0.25) is 0 Å². The van der Waals surface area contributed by atoms with E-state index in [0.29, 0.717) is 6.61 Å². The summed E-state index contributed by atoms with van der Waals surface area (Å²) in [5.74, 6) is 0.903. The van der Waals surface area contributed by atoms with E-state index in [4.69, 9.17) is 9.47 Å². The van der Waals surface area contributed by atoms with E-state index in [0.717, 1.165) is 23.2 Å². The normalized spacial score (nSPS) is 20.8. The van der Waals surface area contributed by atoms with E-state index < -0.39 is 0 Å². The van der Waals surface area contributed by atoms with Crippen molar-refractivity contribution in [3.63, 3.8) is 0 Å². The topological polar surface area (TPSA) is 18.5 Å². The lowest BCUT2D eigenvalue weighted by molar-refractivity contribution is -0.0112. The second-order valence-corrected chi connectivity index (χ2v) is 5.09. The molecule has 0 aromatic heterocycles. The summed E-state index contributed by atoms with van der Waals surface area (Å²) in [6, 6.07) is 6.13. The van der Waals surface area contributed by atoms with Gasteiger partial charge in [-0.05, 0) is 59.8 Å². The van der Waals surface area contributed by atoms with Crippen LogP contribution in [0.15, 0.2) is 22.7 Å². The maximum absolute atomic E-state index is 5.76. The van der Waals surface area contributed by atoms with Gasteiger partial charge in [-0.2, -0.15) is 0 Å². The second kappa shape index (κ2) is 5.69. The highest BCUT2D eigenvalue weighted by Crippen LogP contribution is 2.26. The third-order valence-corrected chi connectivity index (χ3v) is 3.41. The summed E-state index contributed by atoms with van der Waals surface area (Å²) in [6.07, 6.45) is 3.82. The van der Waals surface area contributed by atoms with E-state index in [1.54, 1.807) is 0 Å². The Hall–Kier alpha value is -0.540. The standard InChI is InChI=1S/C13H17BrO2/c1-10-5-6-13(12(14)8-10)16-9-11-4-2-3-7-15-11/h5-6,8,11H,2-4,7,9H2,1H3. The third kappa shape index (κ3) is 3.22. The zero-order chi connectivity index (χ0) is 11.4. The number of aryl methyl sites for hydroxylation is 1. The molecule has 2 rings (SSSR count). The van der Waals surface area contributed by atoms with Crippen molar-refractivity contribution >= 4 is 15.9 Å². The van der Waals surface area contributed by atoms with Gasteiger partial charge in [-0.1, -0.05) is 6.07 Å². The molecule has 0 saturated carbocycles. The first kappa shape index (κ1) is 11.9. The number of rotatable bonds is 3.